The fraction of sp³-hybridized carbons (Fsp3) is 0.875. The van der Waals surface area contributed by atoms with Crippen molar-refractivity contribution in [3.8, 4) is 0 Å². The van der Waals surface area contributed by atoms with Crippen molar-refractivity contribution in [1.29, 1.82) is 0 Å². The Bertz CT molecular complexity index is 198. The van der Waals surface area contributed by atoms with E-state index in [0.29, 0.717) is 12.3 Å². The number of nitrogens with zero attached hydrogens (tertiary/aromatic N) is 1. The molecule has 0 saturated carbocycles. The molecule has 4 nitrogen and oxygen atoms in total. The Kier molecular flexibility index (Phi) is 3.87. The smallest absolute Gasteiger partial charge is 0.224 e. The van der Waals surface area contributed by atoms with Crippen molar-refractivity contribution in [1.82, 2.24) is 9.62 Å². The first-order valence-electron chi connectivity index (χ1n) is 4.54. The predicted molar refractivity (Wildman–Crippen MR) is 52.4 cm³/mol. The topological polar surface area (TPSA) is 49.4 Å². The van der Waals surface area contributed by atoms with Crippen molar-refractivity contribution in [2.75, 3.05) is 25.9 Å². The predicted octanol–water partition coefficient (Wildman–Crippen LogP) is -0.262. The molecule has 1 aliphatic rings. The van der Waals surface area contributed by atoms with Crippen molar-refractivity contribution < 1.29 is 9.00 Å². The van der Waals surface area contributed by atoms with Gasteiger partial charge in [0.15, 0.2) is 0 Å². The number of hydrogen-bond donors (Lipinski definition) is 1. The molecule has 1 aliphatic heterocycles. The third-order valence-corrected chi connectivity index (χ3v) is 3.70. The van der Waals surface area contributed by atoms with Crippen molar-refractivity contribution in [3.05, 3.63) is 0 Å². The van der Waals surface area contributed by atoms with Crippen molar-refractivity contribution in [2.45, 2.75) is 13.3 Å². The Hall–Kier alpha value is -0.420. The normalized spacial score (nSPS) is 25.8. The zero-order valence-electron chi connectivity index (χ0n) is 8.08. The molecule has 0 aromatic carbocycles. The van der Waals surface area contributed by atoms with E-state index in [1.165, 1.54) is 0 Å². The molecule has 0 aliphatic carbocycles. The van der Waals surface area contributed by atoms with Crippen LogP contribution in [0.1, 0.15) is 13.3 Å². The van der Waals surface area contributed by atoms with Crippen LogP contribution in [0.25, 0.3) is 0 Å². The number of hydrogen-bond acceptors (Lipinski definition) is 2. The van der Waals surface area contributed by atoms with Gasteiger partial charge < -0.3 is 5.32 Å². The maximum atomic E-state index is 11.4. The molecular weight excluding hydrogens is 188 g/mol. The van der Waals surface area contributed by atoms with E-state index in [1.807, 2.05) is 11.2 Å². The fourth-order valence-electron chi connectivity index (χ4n) is 1.51. The summed E-state index contributed by atoms with van der Waals surface area (Å²) in [6, 6.07) is 0. The first kappa shape index (κ1) is 10.7. The van der Waals surface area contributed by atoms with E-state index >= 15 is 0 Å². The summed E-state index contributed by atoms with van der Waals surface area (Å²) in [4.78, 5) is 11.2. The highest BCUT2D eigenvalue weighted by molar-refractivity contribution is 7.82. The van der Waals surface area contributed by atoms with Gasteiger partial charge in [-0.25, -0.2) is 8.51 Å². The minimum Gasteiger partial charge on any atom is -0.359 e. The van der Waals surface area contributed by atoms with Crippen LogP contribution < -0.4 is 5.32 Å². The van der Waals surface area contributed by atoms with E-state index in [0.717, 1.165) is 13.0 Å². The number of carbonyl (C=O) groups excluding carboxylic acids is 1. The quantitative estimate of drug-likeness (QED) is 0.688. The van der Waals surface area contributed by atoms with Gasteiger partial charge in [-0.05, 0) is 6.42 Å². The lowest BCUT2D eigenvalue weighted by Gasteiger charge is -2.12. The summed E-state index contributed by atoms with van der Waals surface area (Å²) in [6.07, 6.45) is 0.825. The summed E-state index contributed by atoms with van der Waals surface area (Å²) in [7, 11) is 0.752. The molecule has 1 saturated heterocycles. The molecule has 1 rings (SSSR count). The Morgan fingerprint density at radius 2 is 2.38 bits per heavy atom. The maximum absolute atomic E-state index is 11.4. The van der Waals surface area contributed by atoms with Gasteiger partial charge in [-0.1, -0.05) is 6.92 Å². The minimum atomic E-state index is -0.888. The molecule has 1 heterocycles. The first-order valence-corrected chi connectivity index (χ1v) is 5.81. The Morgan fingerprint density at radius 3 is 2.92 bits per heavy atom. The van der Waals surface area contributed by atoms with Crippen molar-refractivity contribution in [3.63, 3.8) is 0 Å². The van der Waals surface area contributed by atoms with Crippen LogP contribution in [0.2, 0.25) is 0 Å². The summed E-state index contributed by atoms with van der Waals surface area (Å²) < 4.78 is 13.3. The van der Waals surface area contributed by atoms with Crippen LogP contribution in [0, 0.1) is 5.92 Å². The summed E-state index contributed by atoms with van der Waals surface area (Å²) in [5.74, 6) is 0.733. The molecule has 1 fully saturated rings. The summed E-state index contributed by atoms with van der Waals surface area (Å²) in [5.41, 5.74) is 0. The monoisotopic (exact) mass is 204 g/mol. The summed E-state index contributed by atoms with van der Waals surface area (Å²) >= 11 is 0. The second kappa shape index (κ2) is 4.72. The average molecular weight is 204 g/mol. The number of nitrogens with one attached hydrogen (secondary N) is 1. The molecule has 0 spiro atoms. The third kappa shape index (κ3) is 2.51. The Balaban J connectivity index is 2.44. The van der Waals surface area contributed by atoms with Gasteiger partial charge in [0.05, 0.1) is 16.9 Å². The summed E-state index contributed by atoms with van der Waals surface area (Å²) in [6.45, 7) is 3.31. The van der Waals surface area contributed by atoms with Gasteiger partial charge in [0, 0.05) is 25.9 Å². The van der Waals surface area contributed by atoms with E-state index in [4.69, 9.17) is 0 Å². The van der Waals surface area contributed by atoms with Gasteiger partial charge >= 0.3 is 0 Å². The third-order valence-electron chi connectivity index (χ3n) is 2.30. The van der Waals surface area contributed by atoms with Crippen LogP contribution >= 0.6 is 0 Å². The minimum absolute atomic E-state index is 0.0282. The molecule has 1 N–H and O–H groups in total. The maximum Gasteiger partial charge on any atom is 0.224 e. The van der Waals surface area contributed by atoms with E-state index in [1.54, 1.807) is 7.05 Å². The number of carbonyl (C=O) groups is 1. The van der Waals surface area contributed by atoms with Gasteiger partial charge in [0.2, 0.25) is 5.91 Å². The number of amides is 1. The van der Waals surface area contributed by atoms with Crippen LogP contribution in [0.4, 0.5) is 0 Å². The highest BCUT2D eigenvalue weighted by Gasteiger charge is 2.29. The molecule has 0 radical (unpaired) electrons. The fourth-order valence-corrected chi connectivity index (χ4v) is 2.53. The Morgan fingerprint density at radius 1 is 1.69 bits per heavy atom. The van der Waals surface area contributed by atoms with Gasteiger partial charge in [0.1, 0.15) is 0 Å². The average Bonchev–Trinajstić information content (AvgIpc) is 2.64. The van der Waals surface area contributed by atoms with Gasteiger partial charge in [-0.3, -0.25) is 4.79 Å². The highest BCUT2D eigenvalue weighted by atomic mass is 32.2. The highest BCUT2D eigenvalue weighted by Crippen LogP contribution is 2.17. The lowest BCUT2D eigenvalue weighted by Crippen LogP contribution is -2.31. The number of rotatable bonds is 3. The van der Waals surface area contributed by atoms with E-state index in [-0.39, 0.29) is 11.8 Å². The van der Waals surface area contributed by atoms with Crippen molar-refractivity contribution >= 4 is 16.9 Å². The molecule has 0 aromatic heterocycles. The Labute approximate surface area is 81.3 Å². The molecule has 2 atom stereocenters. The standard InChI is InChI=1S/C8H16N2O2S/c1-3-13(12)10-5-4-7(6-10)8(11)9-2/h7H,3-6H2,1-2H3,(H,9,11). The van der Waals surface area contributed by atoms with Gasteiger partial charge in [-0.2, -0.15) is 0 Å². The van der Waals surface area contributed by atoms with Crippen molar-refractivity contribution in [2.24, 2.45) is 5.92 Å². The van der Waals surface area contributed by atoms with Crippen LogP contribution in [-0.2, 0) is 15.8 Å². The van der Waals surface area contributed by atoms with Gasteiger partial charge in [0.25, 0.3) is 0 Å². The molecule has 0 bridgehead atoms. The van der Waals surface area contributed by atoms with Crippen LogP contribution in [-0.4, -0.2) is 40.3 Å². The largest absolute Gasteiger partial charge is 0.359 e. The lowest BCUT2D eigenvalue weighted by atomic mass is 10.1. The van der Waals surface area contributed by atoms with Crippen LogP contribution in [0.15, 0.2) is 0 Å². The van der Waals surface area contributed by atoms with Gasteiger partial charge in [-0.15, -0.1) is 0 Å². The molecule has 1 amide bonds. The molecule has 2 unspecified atom stereocenters. The van der Waals surface area contributed by atoms with Crippen LogP contribution in [0.3, 0.4) is 0 Å². The van der Waals surface area contributed by atoms with E-state index in [9.17, 15) is 9.00 Å². The zero-order valence-corrected chi connectivity index (χ0v) is 8.89. The first-order chi connectivity index (χ1) is 6.19. The summed E-state index contributed by atoms with van der Waals surface area (Å²) in [5, 5.41) is 2.62. The molecule has 13 heavy (non-hydrogen) atoms. The lowest BCUT2D eigenvalue weighted by molar-refractivity contribution is -0.123. The van der Waals surface area contributed by atoms with E-state index in [2.05, 4.69) is 5.32 Å². The zero-order chi connectivity index (χ0) is 9.84. The second-order valence-corrected chi connectivity index (χ2v) is 4.83. The second-order valence-electron chi connectivity index (χ2n) is 3.10. The molecule has 5 heteroatoms. The SMILES string of the molecule is CCS(=O)N1CCC(C(=O)NC)C1. The van der Waals surface area contributed by atoms with Crippen LogP contribution in [0.5, 0.6) is 0 Å². The molecular formula is C8H16N2O2S. The molecule has 76 valence electrons. The molecule has 0 aromatic rings. The van der Waals surface area contributed by atoms with E-state index < -0.39 is 11.0 Å².